The number of hydrogen-bond acceptors (Lipinski definition) is 6. The maximum Gasteiger partial charge on any atom is 0.255 e. The van der Waals surface area contributed by atoms with E-state index in [0.717, 1.165) is 5.56 Å². The van der Waals surface area contributed by atoms with E-state index in [1.807, 2.05) is 41.9 Å². The van der Waals surface area contributed by atoms with Gasteiger partial charge in [0.05, 0.1) is 25.8 Å². The molecule has 0 saturated heterocycles. The van der Waals surface area contributed by atoms with Gasteiger partial charge in [0.2, 0.25) is 0 Å². The third kappa shape index (κ3) is 5.83. The van der Waals surface area contributed by atoms with Gasteiger partial charge in [-0.05, 0) is 30.2 Å². The minimum atomic E-state index is -0.424. The molecule has 9 heteroatoms. The molecule has 0 saturated carbocycles. The number of rotatable bonds is 10. The molecule has 2 aromatic carbocycles. The Labute approximate surface area is 196 Å². The monoisotopic (exact) mass is 472 g/mol. The molecule has 1 heterocycles. The number of aromatic nitrogens is 3. The zero-order chi connectivity index (χ0) is 23.1. The summed E-state index contributed by atoms with van der Waals surface area (Å²) in [5.41, 5.74) is 1.43. The fourth-order valence-electron chi connectivity index (χ4n) is 3.18. The Morgan fingerprint density at radius 1 is 1.19 bits per heavy atom. The fraction of sp³-hybridized carbons (Fsp3) is 0.261. The van der Waals surface area contributed by atoms with Crippen LogP contribution in [0.5, 0.6) is 11.5 Å². The van der Waals surface area contributed by atoms with Crippen LogP contribution >= 0.6 is 23.4 Å². The first-order valence-electron chi connectivity index (χ1n) is 9.85. The van der Waals surface area contributed by atoms with Crippen molar-refractivity contribution in [2.24, 2.45) is 7.05 Å². The van der Waals surface area contributed by atoms with Gasteiger partial charge in [-0.2, -0.15) is 0 Å². The molecule has 1 N–H and O–H groups in total. The average Bonchev–Trinajstić information content (AvgIpc) is 3.17. The van der Waals surface area contributed by atoms with E-state index in [1.165, 1.54) is 18.9 Å². The number of carbonyl (C=O) groups excluding carboxylic acids is 1. The quantitative estimate of drug-likeness (QED) is 0.441. The van der Waals surface area contributed by atoms with Crippen LogP contribution < -0.4 is 14.8 Å². The first-order valence-corrected chi connectivity index (χ1v) is 11.2. The van der Waals surface area contributed by atoms with Crippen molar-refractivity contribution >= 4 is 29.3 Å². The van der Waals surface area contributed by atoms with Crippen molar-refractivity contribution in [1.29, 1.82) is 0 Å². The highest BCUT2D eigenvalue weighted by atomic mass is 35.5. The topological polar surface area (TPSA) is 78.3 Å². The first kappa shape index (κ1) is 23.7. The van der Waals surface area contributed by atoms with Gasteiger partial charge in [0.25, 0.3) is 5.91 Å². The van der Waals surface area contributed by atoms with Crippen LogP contribution in [0.4, 0.5) is 0 Å². The van der Waals surface area contributed by atoms with Crippen LogP contribution in [0.25, 0.3) is 0 Å². The molecule has 3 rings (SSSR count). The Hall–Kier alpha value is -2.97. The average molecular weight is 473 g/mol. The third-order valence-corrected chi connectivity index (χ3v) is 6.18. The van der Waals surface area contributed by atoms with E-state index in [1.54, 1.807) is 25.3 Å². The zero-order valence-corrected chi connectivity index (χ0v) is 19.7. The van der Waals surface area contributed by atoms with Crippen LogP contribution in [0, 0.1) is 0 Å². The highest BCUT2D eigenvalue weighted by Crippen LogP contribution is 2.27. The van der Waals surface area contributed by atoms with E-state index in [-0.39, 0.29) is 5.91 Å². The van der Waals surface area contributed by atoms with Crippen LogP contribution in [0.1, 0.15) is 27.8 Å². The SMILES string of the molecule is C=C(Cl)CSc1nnc(C(Cc2ccccc2)NC(=O)c2cc(OC)ccc2OC)n1C. The summed E-state index contributed by atoms with van der Waals surface area (Å²) in [6.07, 6.45) is 0.539. The number of ether oxygens (including phenoxy) is 2. The molecule has 0 bridgehead atoms. The lowest BCUT2D eigenvalue weighted by molar-refractivity contribution is 0.0930. The Bertz CT molecular complexity index is 1090. The van der Waals surface area contributed by atoms with Crippen LogP contribution in [0.15, 0.2) is 65.3 Å². The fourth-order valence-corrected chi connectivity index (χ4v) is 4.02. The van der Waals surface area contributed by atoms with Gasteiger partial charge in [0.15, 0.2) is 11.0 Å². The summed E-state index contributed by atoms with van der Waals surface area (Å²) in [5.74, 6) is 1.87. The van der Waals surface area contributed by atoms with Gasteiger partial charge in [-0.1, -0.05) is 60.3 Å². The standard InChI is InChI=1S/C23H25ClN4O3S/c1-15(24)14-32-23-27-26-21(28(23)2)19(12-16-8-6-5-7-9-16)25-22(29)18-13-17(30-3)10-11-20(18)31-4/h5-11,13,19H,1,12,14H2,2-4H3,(H,25,29). The van der Waals surface area contributed by atoms with Gasteiger partial charge in [0.1, 0.15) is 11.5 Å². The van der Waals surface area contributed by atoms with Gasteiger partial charge < -0.3 is 19.4 Å². The number of nitrogens with one attached hydrogen (secondary N) is 1. The lowest BCUT2D eigenvalue weighted by Crippen LogP contribution is -2.32. The lowest BCUT2D eigenvalue weighted by Gasteiger charge is -2.19. The molecule has 0 aliphatic carbocycles. The Morgan fingerprint density at radius 2 is 1.94 bits per heavy atom. The summed E-state index contributed by atoms with van der Waals surface area (Å²) >= 11 is 7.33. The summed E-state index contributed by atoms with van der Waals surface area (Å²) in [5, 5.41) is 12.9. The van der Waals surface area contributed by atoms with E-state index in [0.29, 0.717) is 45.2 Å². The van der Waals surface area contributed by atoms with Gasteiger partial charge in [-0.15, -0.1) is 10.2 Å². The highest BCUT2D eigenvalue weighted by Gasteiger charge is 2.24. The van der Waals surface area contributed by atoms with Gasteiger partial charge >= 0.3 is 0 Å². The molecule has 1 amide bonds. The number of methoxy groups -OCH3 is 2. The number of nitrogens with zero attached hydrogens (tertiary/aromatic N) is 3. The molecular formula is C23H25ClN4O3S. The Kier molecular flexibility index (Phi) is 8.19. The van der Waals surface area contributed by atoms with E-state index >= 15 is 0 Å². The number of thioether (sulfide) groups is 1. The second kappa shape index (κ2) is 11.1. The number of halogens is 1. The normalized spacial score (nSPS) is 11.6. The summed E-state index contributed by atoms with van der Waals surface area (Å²) in [6.45, 7) is 3.71. The van der Waals surface area contributed by atoms with Gasteiger partial charge in [-0.25, -0.2) is 0 Å². The first-order chi connectivity index (χ1) is 15.4. The van der Waals surface area contributed by atoms with Crippen LogP contribution in [-0.4, -0.2) is 40.6 Å². The minimum Gasteiger partial charge on any atom is -0.497 e. The summed E-state index contributed by atoms with van der Waals surface area (Å²) < 4.78 is 12.5. The predicted octanol–water partition coefficient (Wildman–Crippen LogP) is 4.39. The molecule has 0 radical (unpaired) electrons. The van der Waals surface area contributed by atoms with Gasteiger partial charge in [-0.3, -0.25) is 4.79 Å². The van der Waals surface area contributed by atoms with Crippen molar-refractivity contribution in [2.75, 3.05) is 20.0 Å². The molecule has 1 unspecified atom stereocenters. The zero-order valence-electron chi connectivity index (χ0n) is 18.2. The van der Waals surface area contributed by atoms with Crippen molar-refractivity contribution in [3.05, 3.63) is 77.1 Å². The van der Waals surface area contributed by atoms with Crippen molar-refractivity contribution in [3.8, 4) is 11.5 Å². The number of carbonyl (C=O) groups is 1. The largest absolute Gasteiger partial charge is 0.497 e. The smallest absolute Gasteiger partial charge is 0.255 e. The lowest BCUT2D eigenvalue weighted by atomic mass is 10.0. The third-order valence-electron chi connectivity index (χ3n) is 4.78. The molecule has 3 aromatic rings. The van der Waals surface area contributed by atoms with Crippen molar-refractivity contribution in [2.45, 2.75) is 17.6 Å². The molecule has 0 spiro atoms. The van der Waals surface area contributed by atoms with E-state index in [4.69, 9.17) is 21.1 Å². The van der Waals surface area contributed by atoms with Crippen molar-refractivity contribution in [3.63, 3.8) is 0 Å². The van der Waals surface area contributed by atoms with Crippen LogP contribution in [-0.2, 0) is 13.5 Å². The van der Waals surface area contributed by atoms with Crippen molar-refractivity contribution in [1.82, 2.24) is 20.1 Å². The number of hydrogen-bond donors (Lipinski definition) is 1. The molecule has 0 aliphatic heterocycles. The second-order valence-electron chi connectivity index (χ2n) is 6.99. The van der Waals surface area contributed by atoms with E-state index in [9.17, 15) is 4.79 Å². The Morgan fingerprint density at radius 3 is 2.59 bits per heavy atom. The summed E-state index contributed by atoms with van der Waals surface area (Å²) in [4.78, 5) is 13.3. The number of amides is 1. The van der Waals surface area contributed by atoms with Gasteiger partial charge in [0, 0.05) is 17.8 Å². The second-order valence-corrected chi connectivity index (χ2v) is 8.46. The summed E-state index contributed by atoms with van der Waals surface area (Å²) in [6, 6.07) is 14.6. The summed E-state index contributed by atoms with van der Waals surface area (Å²) in [7, 11) is 4.94. The number of benzene rings is 2. The van der Waals surface area contributed by atoms with Crippen LogP contribution in [0.2, 0.25) is 0 Å². The molecule has 32 heavy (non-hydrogen) atoms. The maximum atomic E-state index is 13.3. The maximum absolute atomic E-state index is 13.3. The molecule has 168 valence electrons. The predicted molar refractivity (Wildman–Crippen MR) is 127 cm³/mol. The molecule has 1 aromatic heterocycles. The highest BCUT2D eigenvalue weighted by molar-refractivity contribution is 7.99. The molecule has 1 atom stereocenters. The Balaban J connectivity index is 1.92. The molecule has 0 fully saturated rings. The van der Waals surface area contributed by atoms with E-state index < -0.39 is 6.04 Å². The van der Waals surface area contributed by atoms with Crippen molar-refractivity contribution < 1.29 is 14.3 Å². The van der Waals surface area contributed by atoms with Crippen LogP contribution in [0.3, 0.4) is 0 Å². The minimum absolute atomic E-state index is 0.298. The molecule has 0 aliphatic rings. The van der Waals surface area contributed by atoms with E-state index in [2.05, 4.69) is 22.1 Å². The molecule has 7 nitrogen and oxygen atoms in total. The molecular weight excluding hydrogens is 448 g/mol.